The average molecular weight is 481 g/mol. The van der Waals surface area contributed by atoms with E-state index in [1.807, 2.05) is 29.2 Å². The predicted octanol–water partition coefficient (Wildman–Crippen LogP) is 4.78. The summed E-state index contributed by atoms with van der Waals surface area (Å²) in [5.41, 5.74) is 10.1. The molecule has 1 aliphatic carbocycles. The lowest BCUT2D eigenvalue weighted by molar-refractivity contribution is -0.0222. The van der Waals surface area contributed by atoms with E-state index < -0.39 is 5.92 Å². The van der Waals surface area contributed by atoms with Crippen LogP contribution in [0.2, 0.25) is 0 Å². The highest BCUT2D eigenvalue weighted by Gasteiger charge is 2.44. The Morgan fingerprint density at radius 3 is 2.34 bits per heavy atom. The lowest BCUT2D eigenvalue weighted by Crippen LogP contribution is -2.40. The van der Waals surface area contributed by atoms with Gasteiger partial charge in [-0.05, 0) is 61.4 Å². The molecular formula is C26H30F2N6O. The van der Waals surface area contributed by atoms with E-state index in [0.29, 0.717) is 28.2 Å². The number of rotatable bonds is 4. The number of hydrogen-bond donors (Lipinski definition) is 2. The van der Waals surface area contributed by atoms with Gasteiger partial charge < -0.3 is 20.9 Å². The van der Waals surface area contributed by atoms with Gasteiger partial charge in [0, 0.05) is 56.5 Å². The van der Waals surface area contributed by atoms with Crippen molar-refractivity contribution in [2.75, 3.05) is 47.0 Å². The molecule has 2 aromatic heterocycles. The minimum absolute atomic E-state index is 0.196. The van der Waals surface area contributed by atoms with Gasteiger partial charge in [-0.25, -0.2) is 13.3 Å². The molecule has 1 spiro atoms. The van der Waals surface area contributed by atoms with Crippen LogP contribution in [-0.4, -0.2) is 47.6 Å². The van der Waals surface area contributed by atoms with Crippen LogP contribution in [-0.2, 0) is 0 Å². The molecule has 3 aromatic rings. The number of hydrogen-bond acceptors (Lipinski definition) is 5. The summed E-state index contributed by atoms with van der Waals surface area (Å²) in [7, 11) is 0. The fourth-order valence-corrected chi connectivity index (χ4v) is 5.48. The quantitative estimate of drug-likeness (QED) is 0.525. The molecule has 1 amide bonds. The summed E-state index contributed by atoms with van der Waals surface area (Å²) in [6.45, 7) is 2.32. The normalized spacial score (nSPS) is 20.9. The standard InChI is InChI=1S/C26H30F2N6O/c27-26(28)8-13-33(14-9-26)23-17-19(16-20-3-10-30-34(20)23)31-24(35)21-2-1-18(29)15-22(21)32-11-6-25(4-5-25)7-12-32/h1-3,10,15-17H,4-9,11-14,29H2,(H,31,35). The van der Waals surface area contributed by atoms with Crippen LogP contribution in [0.25, 0.3) is 5.52 Å². The van der Waals surface area contributed by atoms with Crippen LogP contribution in [0, 0.1) is 5.41 Å². The molecule has 3 fully saturated rings. The molecule has 9 heteroatoms. The molecule has 1 saturated carbocycles. The Balaban J connectivity index is 1.27. The van der Waals surface area contributed by atoms with Crippen LogP contribution >= 0.6 is 0 Å². The number of pyridine rings is 1. The predicted molar refractivity (Wildman–Crippen MR) is 134 cm³/mol. The number of aromatic nitrogens is 2. The number of amides is 1. The van der Waals surface area contributed by atoms with Crippen molar-refractivity contribution < 1.29 is 13.6 Å². The van der Waals surface area contributed by atoms with Gasteiger partial charge in [0.1, 0.15) is 5.82 Å². The van der Waals surface area contributed by atoms with Crippen LogP contribution in [0.15, 0.2) is 42.6 Å². The van der Waals surface area contributed by atoms with Crippen LogP contribution in [0.1, 0.15) is 48.9 Å². The highest BCUT2D eigenvalue weighted by molar-refractivity contribution is 6.09. The second-order valence-electron chi connectivity index (χ2n) is 10.3. The number of piperidine rings is 2. The van der Waals surface area contributed by atoms with E-state index in [2.05, 4.69) is 15.3 Å². The molecule has 6 rings (SSSR count). The fourth-order valence-electron chi connectivity index (χ4n) is 5.48. The smallest absolute Gasteiger partial charge is 0.257 e. The number of nitrogens with two attached hydrogens (primary N) is 1. The molecule has 1 aromatic carbocycles. The van der Waals surface area contributed by atoms with Crippen LogP contribution in [0.4, 0.5) is 31.7 Å². The largest absolute Gasteiger partial charge is 0.399 e. The molecular weight excluding hydrogens is 450 g/mol. The fraction of sp³-hybridized carbons (Fsp3) is 0.462. The zero-order valence-electron chi connectivity index (χ0n) is 19.6. The van der Waals surface area contributed by atoms with Gasteiger partial charge in [-0.2, -0.15) is 5.10 Å². The maximum atomic E-state index is 13.7. The number of fused-ring (bicyclic) bond motifs is 1. The molecule has 35 heavy (non-hydrogen) atoms. The van der Waals surface area contributed by atoms with Crippen molar-refractivity contribution in [2.24, 2.45) is 5.41 Å². The van der Waals surface area contributed by atoms with Crippen molar-refractivity contribution in [1.29, 1.82) is 0 Å². The first-order chi connectivity index (χ1) is 16.8. The van der Waals surface area contributed by atoms with E-state index in [0.717, 1.165) is 37.1 Å². The van der Waals surface area contributed by atoms with Gasteiger partial charge in [-0.1, -0.05) is 0 Å². The molecule has 2 aliphatic heterocycles. The third-order valence-corrected chi connectivity index (χ3v) is 7.94. The van der Waals surface area contributed by atoms with Crippen molar-refractivity contribution in [3.63, 3.8) is 0 Å². The van der Waals surface area contributed by atoms with Crippen molar-refractivity contribution in [2.45, 2.75) is 44.4 Å². The molecule has 3 N–H and O–H groups in total. The molecule has 7 nitrogen and oxygen atoms in total. The Morgan fingerprint density at radius 1 is 0.914 bits per heavy atom. The topological polar surface area (TPSA) is 78.9 Å². The van der Waals surface area contributed by atoms with E-state index in [4.69, 9.17) is 5.73 Å². The first-order valence-corrected chi connectivity index (χ1v) is 12.4. The number of alkyl halides is 2. The molecule has 0 atom stereocenters. The van der Waals surface area contributed by atoms with Crippen molar-refractivity contribution in [3.8, 4) is 0 Å². The summed E-state index contributed by atoms with van der Waals surface area (Å²) in [5.74, 6) is -2.15. The summed E-state index contributed by atoms with van der Waals surface area (Å²) >= 11 is 0. The van der Waals surface area contributed by atoms with Crippen LogP contribution in [0.3, 0.4) is 0 Å². The van der Waals surface area contributed by atoms with Crippen LogP contribution < -0.4 is 20.9 Å². The summed E-state index contributed by atoms with van der Waals surface area (Å²) in [5, 5.41) is 7.41. The Morgan fingerprint density at radius 2 is 1.63 bits per heavy atom. The molecule has 0 bridgehead atoms. The minimum Gasteiger partial charge on any atom is -0.399 e. The third-order valence-electron chi connectivity index (χ3n) is 7.94. The van der Waals surface area contributed by atoms with E-state index in [1.54, 1.807) is 22.8 Å². The second kappa shape index (κ2) is 8.10. The Bertz CT molecular complexity index is 1260. The Labute approximate surface area is 202 Å². The van der Waals surface area contributed by atoms with Gasteiger partial charge in [0.05, 0.1) is 23.0 Å². The van der Waals surface area contributed by atoms with Crippen molar-refractivity contribution in [3.05, 3.63) is 48.2 Å². The highest BCUT2D eigenvalue weighted by atomic mass is 19.3. The molecule has 0 unspecified atom stereocenters. The maximum Gasteiger partial charge on any atom is 0.257 e. The number of carbonyl (C=O) groups excluding carboxylic acids is 1. The summed E-state index contributed by atoms with van der Waals surface area (Å²) in [4.78, 5) is 17.6. The first kappa shape index (κ1) is 22.1. The van der Waals surface area contributed by atoms with E-state index >= 15 is 0 Å². The number of halogens is 2. The zero-order valence-corrected chi connectivity index (χ0v) is 19.6. The number of nitrogens with one attached hydrogen (secondary N) is 1. The minimum atomic E-state index is -2.63. The first-order valence-electron chi connectivity index (χ1n) is 12.4. The van der Waals surface area contributed by atoms with Gasteiger partial charge in [0.2, 0.25) is 0 Å². The van der Waals surface area contributed by atoms with Crippen molar-refractivity contribution in [1.82, 2.24) is 9.61 Å². The van der Waals surface area contributed by atoms with E-state index in [-0.39, 0.29) is 31.8 Å². The third kappa shape index (κ3) is 4.28. The molecule has 0 radical (unpaired) electrons. The summed E-state index contributed by atoms with van der Waals surface area (Å²) in [6.07, 6.45) is 6.22. The molecule has 4 heterocycles. The van der Waals surface area contributed by atoms with Gasteiger partial charge >= 0.3 is 0 Å². The maximum absolute atomic E-state index is 13.7. The summed E-state index contributed by atoms with van der Waals surface area (Å²) < 4.78 is 29.2. The van der Waals surface area contributed by atoms with Gasteiger partial charge in [-0.15, -0.1) is 0 Å². The monoisotopic (exact) mass is 480 g/mol. The van der Waals surface area contributed by atoms with Crippen molar-refractivity contribution >= 4 is 34.3 Å². The number of nitrogens with zero attached hydrogens (tertiary/aromatic N) is 4. The molecule has 3 aliphatic rings. The molecule has 2 saturated heterocycles. The Hall–Kier alpha value is -3.36. The van der Waals surface area contributed by atoms with Gasteiger partial charge in [-0.3, -0.25) is 4.79 Å². The van der Waals surface area contributed by atoms with E-state index in [1.165, 1.54) is 12.8 Å². The van der Waals surface area contributed by atoms with E-state index in [9.17, 15) is 13.6 Å². The van der Waals surface area contributed by atoms with Gasteiger partial charge in [0.25, 0.3) is 11.8 Å². The number of benzene rings is 1. The number of nitrogen functional groups attached to an aromatic ring is 1. The lowest BCUT2D eigenvalue weighted by atomic mass is 9.93. The van der Waals surface area contributed by atoms with Gasteiger partial charge in [0.15, 0.2) is 0 Å². The lowest BCUT2D eigenvalue weighted by Gasteiger charge is -2.35. The zero-order chi connectivity index (χ0) is 24.2. The van der Waals surface area contributed by atoms with Crippen LogP contribution in [0.5, 0.6) is 0 Å². The highest BCUT2D eigenvalue weighted by Crippen LogP contribution is 2.54. The SMILES string of the molecule is Nc1ccc(C(=O)Nc2cc(N3CCC(F)(F)CC3)n3nccc3c2)c(N2CCC3(CC2)CC3)c1. The Kier molecular flexibility index (Phi) is 5.12. The number of anilines is 4. The average Bonchev–Trinajstić information content (AvgIpc) is 3.41. The summed E-state index contributed by atoms with van der Waals surface area (Å²) in [6, 6.07) is 10.9. The molecule has 184 valence electrons. The second-order valence-corrected chi connectivity index (χ2v) is 10.3. The number of carbonyl (C=O) groups is 1.